The van der Waals surface area contributed by atoms with Crippen molar-refractivity contribution in [1.82, 2.24) is 4.98 Å². The number of anilines is 1. The Bertz CT molecular complexity index is 399. The normalized spacial score (nSPS) is 20.5. The molecule has 0 aromatic carbocycles. The van der Waals surface area contributed by atoms with Gasteiger partial charge in [-0.15, -0.1) is 0 Å². The molecule has 2 heterocycles. The maximum absolute atomic E-state index is 8.86. The van der Waals surface area contributed by atoms with E-state index >= 15 is 0 Å². The molecule has 0 spiro atoms. The summed E-state index contributed by atoms with van der Waals surface area (Å²) >= 11 is 2.04. The van der Waals surface area contributed by atoms with E-state index in [0.717, 1.165) is 24.7 Å². The van der Waals surface area contributed by atoms with Gasteiger partial charge in [0.1, 0.15) is 5.82 Å². The molecule has 2 rings (SSSR count). The van der Waals surface area contributed by atoms with Crippen LogP contribution in [0.1, 0.15) is 18.9 Å². The van der Waals surface area contributed by atoms with Crippen LogP contribution in [0.2, 0.25) is 0 Å². The van der Waals surface area contributed by atoms with Crippen molar-refractivity contribution in [2.75, 3.05) is 23.7 Å². The number of hydrogen-bond donors (Lipinski definition) is 0. The van der Waals surface area contributed by atoms with E-state index < -0.39 is 0 Å². The molecule has 1 aliphatic heterocycles. The molecular formula is C12H15N3S. The molecule has 3 nitrogen and oxygen atoms in total. The smallest absolute Gasteiger partial charge is 0.129 e. The second-order valence-corrected chi connectivity index (χ2v) is 5.27. The Morgan fingerprint density at radius 1 is 1.69 bits per heavy atom. The second-order valence-electron chi connectivity index (χ2n) is 3.86. The van der Waals surface area contributed by atoms with Gasteiger partial charge in [-0.1, -0.05) is 6.92 Å². The molecular weight excluding hydrogens is 218 g/mol. The first-order valence-corrected chi connectivity index (χ1v) is 6.61. The quantitative estimate of drug-likeness (QED) is 0.785. The van der Waals surface area contributed by atoms with Crippen molar-refractivity contribution >= 4 is 17.6 Å². The van der Waals surface area contributed by atoms with Crippen LogP contribution >= 0.6 is 11.8 Å². The van der Waals surface area contributed by atoms with Crippen molar-refractivity contribution in [3.05, 3.63) is 23.9 Å². The Labute approximate surface area is 100 Å². The highest BCUT2D eigenvalue weighted by atomic mass is 32.2. The van der Waals surface area contributed by atoms with Crippen LogP contribution in [0.25, 0.3) is 0 Å². The molecule has 0 radical (unpaired) electrons. The van der Waals surface area contributed by atoms with Crippen LogP contribution in [0.5, 0.6) is 0 Å². The molecule has 0 N–H and O–H groups in total. The summed E-state index contributed by atoms with van der Waals surface area (Å²) < 4.78 is 0. The molecule has 1 aliphatic rings. The van der Waals surface area contributed by atoms with E-state index in [4.69, 9.17) is 5.26 Å². The third-order valence-corrected chi connectivity index (χ3v) is 4.16. The fraction of sp³-hybridized carbons (Fsp3) is 0.500. The summed E-state index contributed by atoms with van der Waals surface area (Å²) in [6, 6.07) is 5.79. The van der Waals surface area contributed by atoms with E-state index in [-0.39, 0.29) is 0 Å². The minimum absolute atomic E-state index is 0.691. The lowest BCUT2D eigenvalue weighted by Gasteiger charge is -2.32. The zero-order valence-corrected chi connectivity index (χ0v) is 10.2. The van der Waals surface area contributed by atoms with Crippen molar-refractivity contribution in [3.63, 3.8) is 0 Å². The lowest BCUT2D eigenvalue weighted by Crippen LogP contribution is -2.38. The van der Waals surface area contributed by atoms with Gasteiger partial charge in [0.15, 0.2) is 0 Å². The van der Waals surface area contributed by atoms with Gasteiger partial charge >= 0.3 is 0 Å². The van der Waals surface area contributed by atoms with Gasteiger partial charge in [0.05, 0.1) is 11.6 Å². The van der Waals surface area contributed by atoms with Crippen molar-refractivity contribution in [3.8, 4) is 6.07 Å². The van der Waals surface area contributed by atoms with Crippen LogP contribution in [-0.2, 0) is 0 Å². The second kappa shape index (κ2) is 5.22. The SMILES string of the molecule is CCC1CN(c2cc(C#N)ccn2)CCS1. The van der Waals surface area contributed by atoms with E-state index in [2.05, 4.69) is 22.9 Å². The van der Waals surface area contributed by atoms with E-state index in [9.17, 15) is 0 Å². The molecule has 0 aliphatic carbocycles. The summed E-state index contributed by atoms with van der Waals surface area (Å²) in [6.07, 6.45) is 2.91. The standard InChI is InChI=1S/C12H15N3S/c1-2-11-9-15(5-6-16-11)12-7-10(8-13)3-4-14-12/h3-4,7,11H,2,5-6,9H2,1H3. The van der Waals surface area contributed by atoms with Crippen molar-refractivity contribution in [2.24, 2.45) is 0 Å². The summed E-state index contributed by atoms with van der Waals surface area (Å²) in [5.74, 6) is 2.09. The first kappa shape index (κ1) is 11.3. The first-order chi connectivity index (χ1) is 7.83. The molecule has 1 unspecified atom stereocenters. The molecule has 4 heteroatoms. The summed E-state index contributed by atoms with van der Waals surface area (Å²) in [7, 11) is 0. The van der Waals surface area contributed by atoms with Crippen LogP contribution in [0, 0.1) is 11.3 Å². The predicted octanol–water partition coefficient (Wildman–Crippen LogP) is 2.29. The lowest BCUT2D eigenvalue weighted by atomic mass is 10.2. The summed E-state index contributed by atoms with van der Waals surface area (Å²) in [5.41, 5.74) is 0.691. The highest BCUT2D eigenvalue weighted by Crippen LogP contribution is 2.24. The fourth-order valence-electron chi connectivity index (χ4n) is 1.84. The van der Waals surface area contributed by atoms with E-state index in [1.165, 1.54) is 6.42 Å². The predicted molar refractivity (Wildman–Crippen MR) is 67.7 cm³/mol. The maximum Gasteiger partial charge on any atom is 0.129 e. The molecule has 1 aromatic rings. The van der Waals surface area contributed by atoms with Gasteiger partial charge < -0.3 is 4.90 Å². The molecule has 1 aromatic heterocycles. The average Bonchev–Trinajstić information content (AvgIpc) is 2.39. The summed E-state index contributed by atoms with van der Waals surface area (Å²) in [4.78, 5) is 6.63. The fourth-order valence-corrected chi connectivity index (χ4v) is 3.02. The van der Waals surface area contributed by atoms with Crippen LogP contribution in [-0.4, -0.2) is 29.1 Å². The lowest BCUT2D eigenvalue weighted by molar-refractivity contribution is 0.720. The minimum Gasteiger partial charge on any atom is -0.355 e. The average molecular weight is 233 g/mol. The highest BCUT2D eigenvalue weighted by molar-refractivity contribution is 8.00. The summed E-state index contributed by atoms with van der Waals surface area (Å²) in [6.45, 7) is 4.30. The summed E-state index contributed by atoms with van der Waals surface area (Å²) in [5, 5.41) is 9.55. The minimum atomic E-state index is 0.691. The van der Waals surface area contributed by atoms with Crippen LogP contribution in [0.4, 0.5) is 5.82 Å². The van der Waals surface area contributed by atoms with Gasteiger partial charge in [-0.05, 0) is 18.6 Å². The molecule has 0 bridgehead atoms. The zero-order valence-electron chi connectivity index (χ0n) is 9.39. The van der Waals surface area contributed by atoms with Crippen LogP contribution < -0.4 is 4.90 Å². The van der Waals surface area contributed by atoms with Gasteiger partial charge in [0.2, 0.25) is 0 Å². The third kappa shape index (κ3) is 2.48. The van der Waals surface area contributed by atoms with Gasteiger partial charge in [-0.2, -0.15) is 17.0 Å². The Hall–Kier alpha value is -1.21. The Morgan fingerprint density at radius 3 is 3.31 bits per heavy atom. The van der Waals surface area contributed by atoms with Crippen LogP contribution in [0.3, 0.4) is 0 Å². The Morgan fingerprint density at radius 2 is 2.56 bits per heavy atom. The number of aromatic nitrogens is 1. The first-order valence-electron chi connectivity index (χ1n) is 5.56. The van der Waals surface area contributed by atoms with E-state index in [0.29, 0.717) is 10.8 Å². The topological polar surface area (TPSA) is 39.9 Å². The molecule has 1 fully saturated rings. The largest absolute Gasteiger partial charge is 0.355 e. The monoisotopic (exact) mass is 233 g/mol. The molecule has 1 atom stereocenters. The van der Waals surface area contributed by atoms with Gasteiger partial charge in [0, 0.05) is 30.3 Å². The Balaban J connectivity index is 2.14. The van der Waals surface area contributed by atoms with Gasteiger partial charge in [0.25, 0.3) is 0 Å². The van der Waals surface area contributed by atoms with E-state index in [1.807, 2.05) is 17.8 Å². The van der Waals surface area contributed by atoms with Crippen molar-refractivity contribution < 1.29 is 0 Å². The number of nitrogens with zero attached hydrogens (tertiary/aromatic N) is 3. The highest BCUT2D eigenvalue weighted by Gasteiger charge is 2.19. The Kier molecular flexibility index (Phi) is 3.68. The third-order valence-electron chi connectivity index (χ3n) is 2.79. The molecule has 1 saturated heterocycles. The van der Waals surface area contributed by atoms with E-state index in [1.54, 1.807) is 12.3 Å². The van der Waals surface area contributed by atoms with Crippen LogP contribution in [0.15, 0.2) is 18.3 Å². The zero-order chi connectivity index (χ0) is 11.4. The van der Waals surface area contributed by atoms with Gasteiger partial charge in [-0.25, -0.2) is 4.98 Å². The van der Waals surface area contributed by atoms with Crippen molar-refractivity contribution in [2.45, 2.75) is 18.6 Å². The molecule has 0 saturated carbocycles. The number of pyridine rings is 1. The molecule has 16 heavy (non-hydrogen) atoms. The number of nitriles is 1. The molecule has 84 valence electrons. The maximum atomic E-state index is 8.86. The van der Waals surface area contributed by atoms with Crippen molar-refractivity contribution in [1.29, 1.82) is 5.26 Å². The molecule has 0 amide bonds. The number of thioether (sulfide) groups is 1. The number of rotatable bonds is 2. The number of hydrogen-bond acceptors (Lipinski definition) is 4. The van der Waals surface area contributed by atoms with Gasteiger partial charge in [-0.3, -0.25) is 0 Å².